The van der Waals surface area contributed by atoms with Crippen molar-refractivity contribution < 1.29 is 22.3 Å². The van der Waals surface area contributed by atoms with Gasteiger partial charge >= 0.3 is 0 Å². The van der Waals surface area contributed by atoms with E-state index in [1.165, 1.54) is 27.4 Å². The molecule has 0 unspecified atom stereocenters. The molecular weight excluding hydrogens is 397 g/mol. The van der Waals surface area contributed by atoms with Crippen LogP contribution in [-0.2, 0) is 14.8 Å². The Morgan fingerprint density at radius 3 is 2.31 bits per heavy atom. The lowest BCUT2D eigenvalue weighted by atomic mass is 10.2. The second-order valence-electron chi connectivity index (χ2n) is 6.56. The molecule has 1 saturated heterocycles. The number of nitriles is 1. The van der Waals surface area contributed by atoms with E-state index in [0.717, 1.165) is 6.07 Å². The number of nitrogens with zero attached hydrogens (tertiary/aromatic N) is 3. The van der Waals surface area contributed by atoms with Crippen LogP contribution in [0.4, 0.5) is 4.39 Å². The molecule has 0 saturated carbocycles. The van der Waals surface area contributed by atoms with Crippen LogP contribution in [0.5, 0.6) is 5.75 Å². The average Bonchev–Trinajstić information content (AvgIpc) is 2.74. The first-order chi connectivity index (χ1) is 13.8. The number of amides is 1. The fourth-order valence-corrected chi connectivity index (χ4v) is 4.55. The fourth-order valence-electron chi connectivity index (χ4n) is 3.06. The van der Waals surface area contributed by atoms with E-state index < -0.39 is 21.9 Å². The van der Waals surface area contributed by atoms with Gasteiger partial charge in [0.05, 0.1) is 11.6 Å². The summed E-state index contributed by atoms with van der Waals surface area (Å²) in [6.45, 7) is 2.14. The molecule has 1 fully saturated rings. The number of hydrogen-bond donors (Lipinski definition) is 0. The Labute approximate surface area is 169 Å². The van der Waals surface area contributed by atoms with Gasteiger partial charge in [-0.15, -0.1) is 0 Å². The minimum Gasteiger partial charge on any atom is -0.481 e. The first-order valence-electron chi connectivity index (χ1n) is 9.03. The average molecular weight is 417 g/mol. The maximum absolute atomic E-state index is 13.9. The zero-order valence-electron chi connectivity index (χ0n) is 15.8. The van der Waals surface area contributed by atoms with Gasteiger partial charge in [-0.1, -0.05) is 12.1 Å². The molecule has 152 valence electrons. The van der Waals surface area contributed by atoms with Crippen LogP contribution in [0.15, 0.2) is 53.4 Å². The van der Waals surface area contributed by atoms with E-state index in [0.29, 0.717) is 11.3 Å². The van der Waals surface area contributed by atoms with E-state index in [1.54, 1.807) is 31.2 Å². The van der Waals surface area contributed by atoms with Crippen LogP contribution >= 0.6 is 0 Å². The normalized spacial score (nSPS) is 16.1. The molecule has 1 heterocycles. The van der Waals surface area contributed by atoms with Crippen molar-refractivity contribution in [3.63, 3.8) is 0 Å². The summed E-state index contributed by atoms with van der Waals surface area (Å²) >= 11 is 0. The molecule has 0 aliphatic carbocycles. The summed E-state index contributed by atoms with van der Waals surface area (Å²) in [7, 11) is -3.95. The third-order valence-corrected chi connectivity index (χ3v) is 6.58. The van der Waals surface area contributed by atoms with Crippen LogP contribution in [-0.4, -0.2) is 55.8 Å². The summed E-state index contributed by atoms with van der Waals surface area (Å²) < 4.78 is 46.0. The molecule has 1 aliphatic heterocycles. The molecule has 0 spiro atoms. The van der Waals surface area contributed by atoms with Gasteiger partial charge in [0, 0.05) is 26.2 Å². The molecule has 2 aromatic carbocycles. The molecule has 3 rings (SSSR count). The smallest absolute Gasteiger partial charge is 0.263 e. The minimum atomic E-state index is -3.95. The SMILES string of the molecule is C[C@H](Oc1ccc(C#N)cc1)C(=O)N1CCN(S(=O)(=O)c2ccccc2F)CC1. The second-order valence-corrected chi connectivity index (χ2v) is 8.46. The van der Waals surface area contributed by atoms with Crippen molar-refractivity contribution >= 4 is 15.9 Å². The topological polar surface area (TPSA) is 90.7 Å². The van der Waals surface area contributed by atoms with E-state index in [2.05, 4.69) is 0 Å². The first kappa shape index (κ1) is 20.8. The number of halogens is 1. The molecule has 7 nitrogen and oxygen atoms in total. The molecule has 1 atom stereocenters. The fraction of sp³-hybridized carbons (Fsp3) is 0.300. The van der Waals surface area contributed by atoms with Gasteiger partial charge in [-0.05, 0) is 43.3 Å². The van der Waals surface area contributed by atoms with Crippen LogP contribution < -0.4 is 4.74 Å². The number of carbonyl (C=O) groups excluding carboxylic acids is 1. The van der Waals surface area contributed by atoms with E-state index in [1.807, 2.05) is 6.07 Å². The molecule has 0 aromatic heterocycles. The highest BCUT2D eigenvalue weighted by molar-refractivity contribution is 7.89. The van der Waals surface area contributed by atoms with Crippen LogP contribution in [0.1, 0.15) is 12.5 Å². The Bertz CT molecular complexity index is 1030. The summed E-state index contributed by atoms with van der Waals surface area (Å²) in [5.41, 5.74) is 0.489. The van der Waals surface area contributed by atoms with Crippen molar-refractivity contribution in [2.24, 2.45) is 0 Å². The maximum atomic E-state index is 13.9. The lowest BCUT2D eigenvalue weighted by Crippen LogP contribution is -2.53. The van der Waals surface area contributed by atoms with E-state index in [9.17, 15) is 17.6 Å². The lowest BCUT2D eigenvalue weighted by molar-refractivity contribution is -0.139. The van der Waals surface area contributed by atoms with Crippen molar-refractivity contribution in [2.45, 2.75) is 17.9 Å². The molecule has 1 amide bonds. The van der Waals surface area contributed by atoms with Gasteiger partial charge in [0.25, 0.3) is 5.91 Å². The first-order valence-corrected chi connectivity index (χ1v) is 10.5. The Morgan fingerprint density at radius 1 is 1.10 bits per heavy atom. The minimum absolute atomic E-state index is 0.0754. The summed E-state index contributed by atoms with van der Waals surface area (Å²) in [5, 5.41) is 8.82. The van der Waals surface area contributed by atoms with Crippen molar-refractivity contribution in [3.05, 3.63) is 59.9 Å². The van der Waals surface area contributed by atoms with Crippen molar-refractivity contribution in [1.29, 1.82) is 5.26 Å². The third-order valence-electron chi connectivity index (χ3n) is 4.65. The molecule has 2 aromatic rings. The Kier molecular flexibility index (Phi) is 6.15. The van der Waals surface area contributed by atoms with Gasteiger partial charge in [0.2, 0.25) is 10.0 Å². The van der Waals surface area contributed by atoms with E-state index in [4.69, 9.17) is 10.00 Å². The second kappa shape index (κ2) is 8.59. The predicted octanol–water partition coefficient (Wildman–Crippen LogP) is 2.00. The monoisotopic (exact) mass is 417 g/mol. The largest absolute Gasteiger partial charge is 0.481 e. The van der Waals surface area contributed by atoms with Crippen molar-refractivity contribution in [3.8, 4) is 11.8 Å². The quantitative estimate of drug-likeness (QED) is 0.742. The van der Waals surface area contributed by atoms with Gasteiger partial charge in [0.15, 0.2) is 6.10 Å². The van der Waals surface area contributed by atoms with Crippen LogP contribution in [0.2, 0.25) is 0 Å². The predicted molar refractivity (Wildman–Crippen MR) is 103 cm³/mol. The molecule has 1 aliphatic rings. The van der Waals surface area contributed by atoms with Crippen LogP contribution in [0.25, 0.3) is 0 Å². The number of piperazine rings is 1. The summed E-state index contributed by atoms with van der Waals surface area (Å²) in [6.07, 6.45) is -0.766. The summed E-state index contributed by atoms with van der Waals surface area (Å²) in [4.78, 5) is 13.8. The lowest BCUT2D eigenvalue weighted by Gasteiger charge is -2.35. The highest BCUT2D eigenvalue weighted by Gasteiger charge is 2.33. The summed E-state index contributed by atoms with van der Waals surface area (Å²) in [6, 6.07) is 13.7. The molecule has 0 N–H and O–H groups in total. The number of ether oxygens (including phenoxy) is 1. The van der Waals surface area contributed by atoms with E-state index in [-0.39, 0.29) is 37.0 Å². The van der Waals surface area contributed by atoms with Gasteiger partial charge in [0.1, 0.15) is 16.5 Å². The number of sulfonamides is 1. The molecule has 9 heteroatoms. The van der Waals surface area contributed by atoms with Gasteiger partial charge in [-0.3, -0.25) is 4.79 Å². The highest BCUT2D eigenvalue weighted by atomic mass is 32.2. The van der Waals surface area contributed by atoms with Gasteiger partial charge < -0.3 is 9.64 Å². The third kappa shape index (κ3) is 4.55. The standard InChI is InChI=1S/C20H20FN3O4S/c1-15(28-17-8-6-16(14-22)7-9-17)20(25)23-10-12-24(13-11-23)29(26,27)19-5-3-2-4-18(19)21/h2-9,15H,10-13H2,1H3/t15-/m0/s1. The Balaban J connectivity index is 1.60. The number of rotatable bonds is 5. The van der Waals surface area contributed by atoms with E-state index >= 15 is 0 Å². The Morgan fingerprint density at radius 2 is 1.72 bits per heavy atom. The zero-order chi connectivity index (χ0) is 21.0. The zero-order valence-corrected chi connectivity index (χ0v) is 16.6. The molecule has 29 heavy (non-hydrogen) atoms. The van der Waals surface area contributed by atoms with Crippen molar-refractivity contribution in [2.75, 3.05) is 26.2 Å². The Hall–Kier alpha value is -2.96. The van der Waals surface area contributed by atoms with Gasteiger partial charge in [-0.2, -0.15) is 9.57 Å². The number of benzene rings is 2. The van der Waals surface area contributed by atoms with Crippen LogP contribution in [0, 0.1) is 17.1 Å². The van der Waals surface area contributed by atoms with Crippen LogP contribution in [0.3, 0.4) is 0 Å². The highest BCUT2D eigenvalue weighted by Crippen LogP contribution is 2.21. The molecule has 0 bridgehead atoms. The maximum Gasteiger partial charge on any atom is 0.263 e. The van der Waals surface area contributed by atoms with Crippen molar-refractivity contribution in [1.82, 2.24) is 9.21 Å². The molecular formula is C20H20FN3O4S. The van der Waals surface area contributed by atoms with Gasteiger partial charge in [-0.25, -0.2) is 12.8 Å². The number of hydrogen-bond acceptors (Lipinski definition) is 5. The number of carbonyl (C=O) groups is 1. The molecule has 0 radical (unpaired) electrons. The summed E-state index contributed by atoms with van der Waals surface area (Å²) in [5.74, 6) is -0.599.